The fraction of sp³-hybridized carbons (Fsp3) is 0.900. The molecule has 0 amide bonds. The molecule has 8 heteroatoms. The normalized spacial score (nSPS) is 14.4. The molecule has 2 atom stereocenters. The summed E-state index contributed by atoms with van der Waals surface area (Å²) >= 11 is 2.05. The number of hydrogen-bond acceptors (Lipinski definition) is 6. The van der Waals surface area contributed by atoms with Crippen molar-refractivity contribution in [2.45, 2.75) is 26.1 Å². The molecular weight excluding hydrogens is 375 g/mol. The van der Waals surface area contributed by atoms with Crippen LogP contribution in [0.15, 0.2) is 0 Å². The van der Waals surface area contributed by atoms with Crippen LogP contribution >= 0.6 is 30.4 Å². The van der Waals surface area contributed by atoms with Crippen molar-refractivity contribution in [1.82, 2.24) is 0 Å². The number of hydrogen-bond donors (Lipinski definition) is 1. The molecule has 108 valence electrons. The Kier molecular flexibility index (Phi) is 12.7. The van der Waals surface area contributed by atoms with Crippen molar-refractivity contribution < 1.29 is 28.3 Å². The van der Waals surface area contributed by atoms with Crippen LogP contribution in [-0.2, 0) is 23.2 Å². The van der Waals surface area contributed by atoms with Crippen LogP contribution in [0.25, 0.3) is 0 Å². The van der Waals surface area contributed by atoms with Gasteiger partial charge in [-0.05, 0) is 13.8 Å². The molecular formula is C10H19IO6S. The standard InChI is InChI=1S/C10H19IO6S/c1-8(9(2)16-5-6-17-18-11)15-4-3-14-7-10(12)13/h8-9H,3-7H2,1-2H3,(H,12,13)/t8-,9-/m0/s1. The number of halogens is 1. The van der Waals surface area contributed by atoms with E-state index in [9.17, 15) is 4.79 Å². The molecule has 0 aromatic carbocycles. The van der Waals surface area contributed by atoms with E-state index < -0.39 is 5.97 Å². The Morgan fingerprint density at radius 2 is 1.72 bits per heavy atom. The van der Waals surface area contributed by atoms with Gasteiger partial charge in [0.25, 0.3) is 0 Å². The number of rotatable bonds is 12. The van der Waals surface area contributed by atoms with E-state index >= 15 is 0 Å². The second-order valence-corrected chi connectivity index (χ2v) is 4.92. The monoisotopic (exact) mass is 394 g/mol. The van der Waals surface area contributed by atoms with Crippen molar-refractivity contribution in [2.24, 2.45) is 0 Å². The second-order valence-electron chi connectivity index (χ2n) is 3.48. The Labute approximate surface area is 123 Å². The van der Waals surface area contributed by atoms with Crippen molar-refractivity contribution in [3.8, 4) is 0 Å². The summed E-state index contributed by atoms with van der Waals surface area (Å²) in [5.74, 6) is -0.979. The maximum absolute atomic E-state index is 10.2. The van der Waals surface area contributed by atoms with Gasteiger partial charge in [0.05, 0.1) is 47.8 Å². The van der Waals surface area contributed by atoms with E-state index in [1.165, 1.54) is 9.21 Å². The number of carboxylic acid groups (broad SMARTS) is 1. The molecule has 0 saturated carbocycles. The quantitative estimate of drug-likeness (QED) is 0.308. The van der Waals surface area contributed by atoms with Gasteiger partial charge in [0.15, 0.2) is 0 Å². The predicted molar refractivity (Wildman–Crippen MR) is 76.8 cm³/mol. The minimum Gasteiger partial charge on any atom is -0.480 e. The second kappa shape index (κ2) is 12.4. The maximum Gasteiger partial charge on any atom is 0.329 e. The van der Waals surface area contributed by atoms with Crippen LogP contribution in [0.4, 0.5) is 0 Å². The summed E-state index contributed by atoms with van der Waals surface area (Å²) in [4.78, 5) is 10.2. The van der Waals surface area contributed by atoms with Gasteiger partial charge in [0.1, 0.15) is 6.61 Å². The first-order valence-electron chi connectivity index (χ1n) is 5.51. The van der Waals surface area contributed by atoms with E-state index in [2.05, 4.69) is 0 Å². The van der Waals surface area contributed by atoms with Crippen molar-refractivity contribution in [3.63, 3.8) is 0 Å². The molecule has 0 aliphatic rings. The van der Waals surface area contributed by atoms with E-state index in [4.69, 9.17) is 23.5 Å². The molecule has 0 saturated heterocycles. The Hall–Kier alpha value is 0.390. The predicted octanol–water partition coefficient (Wildman–Crippen LogP) is 1.91. The third-order valence-electron chi connectivity index (χ3n) is 2.09. The molecule has 0 radical (unpaired) electrons. The van der Waals surface area contributed by atoms with Gasteiger partial charge in [-0.2, -0.15) is 0 Å². The van der Waals surface area contributed by atoms with Gasteiger partial charge in [-0.1, -0.05) is 0 Å². The molecule has 0 aliphatic carbocycles. The molecule has 0 spiro atoms. The van der Waals surface area contributed by atoms with Crippen LogP contribution < -0.4 is 0 Å². The lowest BCUT2D eigenvalue weighted by molar-refractivity contribution is -0.143. The first-order valence-corrected chi connectivity index (χ1v) is 8.79. The van der Waals surface area contributed by atoms with Crippen molar-refractivity contribution in [1.29, 1.82) is 0 Å². The number of aliphatic carboxylic acids is 1. The van der Waals surface area contributed by atoms with Gasteiger partial charge in [-0.15, -0.1) is 0 Å². The van der Waals surface area contributed by atoms with Gasteiger partial charge in [0.2, 0.25) is 0 Å². The highest BCUT2D eigenvalue weighted by Gasteiger charge is 2.12. The van der Waals surface area contributed by atoms with Crippen molar-refractivity contribution in [2.75, 3.05) is 33.0 Å². The minimum absolute atomic E-state index is 0.0488. The summed E-state index contributed by atoms with van der Waals surface area (Å²) in [6.45, 7) is 5.18. The third-order valence-corrected chi connectivity index (χ3v) is 3.11. The average Bonchev–Trinajstić information content (AvgIpc) is 2.33. The lowest BCUT2D eigenvalue weighted by Crippen LogP contribution is -2.28. The highest BCUT2D eigenvalue weighted by Crippen LogP contribution is 2.11. The Balaban J connectivity index is 3.43. The van der Waals surface area contributed by atoms with E-state index in [0.717, 1.165) is 0 Å². The zero-order chi connectivity index (χ0) is 13.8. The van der Waals surface area contributed by atoms with Crippen LogP contribution in [0, 0.1) is 0 Å². The topological polar surface area (TPSA) is 74.2 Å². The molecule has 0 aromatic heterocycles. The molecule has 0 aromatic rings. The summed E-state index contributed by atoms with van der Waals surface area (Å²) in [6, 6.07) is 0. The SMILES string of the molecule is C[C@H](OCCOCC(=O)O)[C@H](C)OCCOSI. The number of carbonyl (C=O) groups is 1. The molecule has 6 nitrogen and oxygen atoms in total. The van der Waals surface area contributed by atoms with E-state index in [0.29, 0.717) is 19.8 Å². The van der Waals surface area contributed by atoms with Gasteiger partial charge < -0.3 is 23.5 Å². The van der Waals surface area contributed by atoms with Crippen LogP contribution in [-0.4, -0.2) is 56.3 Å². The summed E-state index contributed by atoms with van der Waals surface area (Å²) in [5, 5.41) is 8.35. The van der Waals surface area contributed by atoms with E-state index in [-0.39, 0.29) is 25.4 Å². The van der Waals surface area contributed by atoms with Crippen LogP contribution in [0.3, 0.4) is 0 Å². The first kappa shape index (κ1) is 18.4. The molecule has 1 N–H and O–H groups in total. The largest absolute Gasteiger partial charge is 0.480 e. The van der Waals surface area contributed by atoms with Gasteiger partial charge >= 0.3 is 5.97 Å². The fourth-order valence-corrected chi connectivity index (χ4v) is 1.69. The molecule has 0 unspecified atom stereocenters. The Morgan fingerprint density at radius 3 is 2.22 bits per heavy atom. The molecule has 18 heavy (non-hydrogen) atoms. The lowest BCUT2D eigenvalue weighted by atomic mass is 10.2. The smallest absolute Gasteiger partial charge is 0.329 e. The van der Waals surface area contributed by atoms with Crippen molar-refractivity contribution >= 4 is 36.4 Å². The van der Waals surface area contributed by atoms with Gasteiger partial charge in [-0.25, -0.2) is 4.79 Å². The van der Waals surface area contributed by atoms with E-state index in [1.807, 2.05) is 35.1 Å². The summed E-state index contributed by atoms with van der Waals surface area (Å²) in [5.41, 5.74) is 0. The first-order chi connectivity index (χ1) is 8.57. The minimum atomic E-state index is -0.979. The summed E-state index contributed by atoms with van der Waals surface area (Å²) in [6.07, 6.45) is -0.127. The molecule has 0 heterocycles. The lowest BCUT2D eigenvalue weighted by Gasteiger charge is -2.20. The highest BCUT2D eigenvalue weighted by molar-refractivity contribution is 14.2. The molecule has 0 fully saturated rings. The van der Waals surface area contributed by atoms with Crippen LogP contribution in [0.1, 0.15) is 13.8 Å². The fourth-order valence-electron chi connectivity index (χ4n) is 1.02. The highest BCUT2D eigenvalue weighted by atomic mass is 127. The molecule has 0 aliphatic heterocycles. The van der Waals surface area contributed by atoms with Gasteiger partial charge in [-0.3, -0.25) is 0 Å². The van der Waals surface area contributed by atoms with Crippen LogP contribution in [0.2, 0.25) is 0 Å². The molecule has 0 rings (SSSR count). The molecule has 0 bridgehead atoms. The summed E-state index contributed by atoms with van der Waals surface area (Å²) in [7, 11) is 1.28. The van der Waals surface area contributed by atoms with Crippen molar-refractivity contribution in [3.05, 3.63) is 0 Å². The zero-order valence-corrected chi connectivity index (χ0v) is 13.4. The number of ether oxygens (including phenoxy) is 3. The maximum atomic E-state index is 10.2. The Bertz CT molecular complexity index is 219. The van der Waals surface area contributed by atoms with Crippen LogP contribution in [0.5, 0.6) is 0 Å². The van der Waals surface area contributed by atoms with E-state index in [1.54, 1.807) is 0 Å². The average molecular weight is 394 g/mol. The van der Waals surface area contributed by atoms with Gasteiger partial charge in [0, 0.05) is 21.2 Å². The third kappa shape index (κ3) is 11.5. The zero-order valence-electron chi connectivity index (χ0n) is 10.5. The summed E-state index contributed by atoms with van der Waals surface area (Å²) < 4.78 is 20.9. The Morgan fingerprint density at radius 1 is 1.17 bits per heavy atom. The number of carboxylic acids is 1.